The summed E-state index contributed by atoms with van der Waals surface area (Å²) in [5.41, 5.74) is 0.563. The van der Waals surface area contributed by atoms with Crippen LogP contribution < -0.4 is 0 Å². The van der Waals surface area contributed by atoms with Crippen LogP contribution in [0.2, 0.25) is 0 Å². The van der Waals surface area contributed by atoms with Crippen LogP contribution in [0.3, 0.4) is 0 Å². The molecule has 2 rings (SSSR count). The normalized spacial score (nSPS) is 48.2. The average Bonchev–Trinajstić information content (AvgIpc) is 2.24. The van der Waals surface area contributed by atoms with Crippen LogP contribution in [0.5, 0.6) is 0 Å². The molecule has 94 valence electrons. The molecule has 5 atom stereocenters. The molecule has 1 N–H and O–H groups in total. The highest BCUT2D eigenvalue weighted by atomic mass is 16.3. The maximum atomic E-state index is 10.0. The van der Waals surface area contributed by atoms with Gasteiger partial charge in [0.25, 0.3) is 0 Å². The molecule has 2 fully saturated rings. The van der Waals surface area contributed by atoms with Crippen molar-refractivity contribution >= 4 is 0 Å². The van der Waals surface area contributed by atoms with Crippen LogP contribution in [0.4, 0.5) is 0 Å². The molecular formula is C15H28O. The second kappa shape index (κ2) is 4.33. The molecule has 2 saturated carbocycles. The van der Waals surface area contributed by atoms with Crippen molar-refractivity contribution < 1.29 is 5.11 Å². The minimum Gasteiger partial charge on any atom is -0.393 e. The maximum Gasteiger partial charge on any atom is 0.0565 e. The predicted molar refractivity (Wildman–Crippen MR) is 68.2 cm³/mol. The first-order valence-corrected chi connectivity index (χ1v) is 7.10. The monoisotopic (exact) mass is 224 g/mol. The Bertz CT molecular complexity index is 246. The molecule has 0 aliphatic heterocycles. The summed E-state index contributed by atoms with van der Waals surface area (Å²) < 4.78 is 0. The smallest absolute Gasteiger partial charge is 0.0565 e. The lowest BCUT2D eigenvalue weighted by molar-refractivity contribution is -0.0497. The van der Waals surface area contributed by atoms with Crippen LogP contribution in [0.15, 0.2) is 0 Å². The van der Waals surface area contributed by atoms with Gasteiger partial charge >= 0.3 is 0 Å². The Labute approximate surface area is 101 Å². The number of aliphatic hydroxyl groups excluding tert-OH is 1. The topological polar surface area (TPSA) is 20.2 Å². The molecule has 5 unspecified atom stereocenters. The van der Waals surface area contributed by atoms with Crippen molar-refractivity contribution in [3.05, 3.63) is 0 Å². The number of fused-ring (bicyclic) bond motifs is 1. The first-order chi connectivity index (χ1) is 7.42. The third kappa shape index (κ3) is 2.16. The van der Waals surface area contributed by atoms with Gasteiger partial charge in [-0.2, -0.15) is 0 Å². The van der Waals surface area contributed by atoms with Crippen LogP contribution >= 0.6 is 0 Å². The van der Waals surface area contributed by atoms with E-state index < -0.39 is 0 Å². The summed E-state index contributed by atoms with van der Waals surface area (Å²) >= 11 is 0. The van der Waals surface area contributed by atoms with Crippen LogP contribution in [0, 0.1) is 29.1 Å². The van der Waals surface area contributed by atoms with E-state index in [2.05, 4.69) is 27.7 Å². The summed E-state index contributed by atoms with van der Waals surface area (Å²) in [5.74, 6) is 3.17. The molecule has 2 aliphatic carbocycles. The van der Waals surface area contributed by atoms with Crippen molar-refractivity contribution in [1.29, 1.82) is 0 Å². The molecule has 0 spiro atoms. The van der Waals surface area contributed by atoms with Gasteiger partial charge in [-0.3, -0.25) is 0 Å². The van der Waals surface area contributed by atoms with E-state index in [1.165, 1.54) is 25.7 Å². The predicted octanol–water partition coefficient (Wildman–Crippen LogP) is 3.86. The van der Waals surface area contributed by atoms with Crippen molar-refractivity contribution in [1.82, 2.24) is 0 Å². The molecule has 16 heavy (non-hydrogen) atoms. The summed E-state index contributed by atoms with van der Waals surface area (Å²) in [4.78, 5) is 0. The first-order valence-electron chi connectivity index (χ1n) is 7.10. The SMILES string of the molecule is CC1CCC2C(CC2(C)C)C(C)CCC1O. The van der Waals surface area contributed by atoms with E-state index in [-0.39, 0.29) is 6.10 Å². The second-order valence-corrected chi connectivity index (χ2v) is 7.14. The second-order valence-electron chi connectivity index (χ2n) is 7.14. The van der Waals surface area contributed by atoms with Crippen LogP contribution in [-0.4, -0.2) is 11.2 Å². The lowest BCUT2D eigenvalue weighted by Crippen LogP contribution is -2.46. The maximum absolute atomic E-state index is 10.0. The standard InChI is InChI=1S/C15H28O/c1-10-6-8-14(16)11(2)5-7-13-12(10)9-15(13,3)4/h10-14,16H,5-9H2,1-4H3. The van der Waals surface area contributed by atoms with Gasteiger partial charge in [-0.05, 0) is 61.2 Å². The minimum absolute atomic E-state index is 0.0527. The fourth-order valence-electron chi connectivity index (χ4n) is 4.09. The largest absolute Gasteiger partial charge is 0.393 e. The quantitative estimate of drug-likeness (QED) is 0.662. The van der Waals surface area contributed by atoms with Gasteiger partial charge in [0.05, 0.1) is 6.10 Å². The number of hydrogen-bond acceptors (Lipinski definition) is 1. The van der Waals surface area contributed by atoms with Crippen LogP contribution in [-0.2, 0) is 0 Å². The molecular weight excluding hydrogens is 196 g/mol. The fraction of sp³-hybridized carbons (Fsp3) is 1.00. The Morgan fingerprint density at radius 1 is 0.938 bits per heavy atom. The Kier molecular flexibility index (Phi) is 3.36. The van der Waals surface area contributed by atoms with E-state index in [0.717, 1.165) is 24.2 Å². The van der Waals surface area contributed by atoms with E-state index in [4.69, 9.17) is 0 Å². The number of rotatable bonds is 0. The molecule has 0 radical (unpaired) electrons. The molecule has 0 aromatic carbocycles. The minimum atomic E-state index is -0.0527. The molecule has 2 aliphatic rings. The number of hydrogen-bond donors (Lipinski definition) is 1. The average molecular weight is 224 g/mol. The Morgan fingerprint density at radius 3 is 2.19 bits per heavy atom. The van der Waals surface area contributed by atoms with Gasteiger partial charge in [0.2, 0.25) is 0 Å². The lowest BCUT2D eigenvalue weighted by atomic mass is 9.51. The van der Waals surface area contributed by atoms with E-state index in [0.29, 0.717) is 11.3 Å². The fourth-order valence-corrected chi connectivity index (χ4v) is 4.09. The van der Waals surface area contributed by atoms with Crippen LogP contribution in [0.25, 0.3) is 0 Å². The zero-order valence-corrected chi connectivity index (χ0v) is 11.4. The summed E-state index contributed by atoms with van der Waals surface area (Å²) in [7, 11) is 0. The first kappa shape index (κ1) is 12.4. The van der Waals surface area contributed by atoms with Gasteiger partial charge in [0, 0.05) is 0 Å². The van der Waals surface area contributed by atoms with Gasteiger partial charge < -0.3 is 5.11 Å². The molecule has 0 bridgehead atoms. The summed E-state index contributed by atoms with van der Waals surface area (Å²) in [6, 6.07) is 0. The van der Waals surface area contributed by atoms with E-state index >= 15 is 0 Å². The van der Waals surface area contributed by atoms with Crippen LogP contribution in [0.1, 0.15) is 59.8 Å². The lowest BCUT2D eigenvalue weighted by Gasteiger charge is -2.54. The summed E-state index contributed by atoms with van der Waals surface area (Å²) in [6.07, 6.45) is 6.15. The molecule has 0 heterocycles. The van der Waals surface area contributed by atoms with Gasteiger partial charge in [-0.15, -0.1) is 0 Å². The third-order valence-electron chi connectivity index (χ3n) is 5.52. The highest BCUT2D eigenvalue weighted by molar-refractivity contribution is 4.98. The summed E-state index contributed by atoms with van der Waals surface area (Å²) in [6.45, 7) is 9.48. The van der Waals surface area contributed by atoms with Crippen molar-refractivity contribution in [2.45, 2.75) is 65.9 Å². The molecule has 0 saturated heterocycles. The van der Waals surface area contributed by atoms with Crippen molar-refractivity contribution in [2.75, 3.05) is 0 Å². The molecule has 0 amide bonds. The van der Waals surface area contributed by atoms with Gasteiger partial charge in [0.15, 0.2) is 0 Å². The molecule has 0 aromatic heterocycles. The highest BCUT2D eigenvalue weighted by Crippen LogP contribution is 2.57. The summed E-state index contributed by atoms with van der Waals surface area (Å²) in [5, 5.41) is 10.0. The third-order valence-corrected chi connectivity index (χ3v) is 5.52. The van der Waals surface area contributed by atoms with E-state index in [1.54, 1.807) is 0 Å². The van der Waals surface area contributed by atoms with Crippen molar-refractivity contribution in [2.24, 2.45) is 29.1 Å². The Morgan fingerprint density at radius 2 is 1.56 bits per heavy atom. The zero-order chi connectivity index (χ0) is 11.9. The van der Waals surface area contributed by atoms with Gasteiger partial charge in [0.1, 0.15) is 0 Å². The van der Waals surface area contributed by atoms with Gasteiger partial charge in [-0.25, -0.2) is 0 Å². The van der Waals surface area contributed by atoms with Gasteiger partial charge in [-0.1, -0.05) is 27.7 Å². The zero-order valence-electron chi connectivity index (χ0n) is 11.4. The number of aliphatic hydroxyl groups is 1. The molecule has 1 heteroatoms. The van der Waals surface area contributed by atoms with Crippen molar-refractivity contribution in [3.8, 4) is 0 Å². The molecule has 1 nitrogen and oxygen atoms in total. The van der Waals surface area contributed by atoms with E-state index in [9.17, 15) is 5.11 Å². The van der Waals surface area contributed by atoms with E-state index in [1.807, 2.05) is 0 Å². The Balaban J connectivity index is 2.06. The Hall–Kier alpha value is -0.0400. The molecule has 0 aromatic rings. The van der Waals surface area contributed by atoms with Crippen molar-refractivity contribution in [3.63, 3.8) is 0 Å². The highest BCUT2D eigenvalue weighted by Gasteiger charge is 2.48.